The van der Waals surface area contributed by atoms with Crippen molar-refractivity contribution in [2.45, 2.75) is 18.9 Å². The van der Waals surface area contributed by atoms with Gasteiger partial charge in [-0.2, -0.15) is 0 Å². The molecule has 0 aliphatic carbocycles. The highest BCUT2D eigenvalue weighted by atomic mass is 35.5. The van der Waals surface area contributed by atoms with Crippen LogP contribution in [0.3, 0.4) is 0 Å². The Morgan fingerprint density at radius 1 is 1.05 bits per heavy atom. The van der Waals surface area contributed by atoms with Crippen LogP contribution in [-0.2, 0) is 12.0 Å². The molecule has 1 atom stereocenters. The van der Waals surface area contributed by atoms with Gasteiger partial charge in [0.05, 0.1) is 7.11 Å². The van der Waals surface area contributed by atoms with Crippen molar-refractivity contribution in [3.63, 3.8) is 0 Å². The number of hydrogen-bond acceptors (Lipinski definition) is 2. The minimum atomic E-state index is -0.555. The lowest BCUT2D eigenvalue weighted by atomic mass is 9.86. The molecule has 2 rings (SSSR count). The maximum absolute atomic E-state index is 6.44. The van der Waals surface area contributed by atoms with Crippen molar-refractivity contribution in [1.82, 2.24) is 0 Å². The molecule has 20 heavy (non-hydrogen) atoms. The van der Waals surface area contributed by atoms with Gasteiger partial charge in [-0.25, -0.2) is 0 Å². The quantitative estimate of drug-likeness (QED) is 0.907. The summed E-state index contributed by atoms with van der Waals surface area (Å²) in [5, 5.41) is 1.28. The predicted octanol–water partition coefficient (Wildman–Crippen LogP) is 4.42. The summed E-state index contributed by atoms with van der Waals surface area (Å²) in [6.07, 6.45) is 0.567. The SMILES string of the molecule is COc1ccc(C(C)(N)Cc2c(Cl)cccc2Cl)cc1. The molecule has 0 aromatic heterocycles. The fraction of sp³-hybridized carbons (Fsp3) is 0.250. The van der Waals surface area contributed by atoms with Gasteiger partial charge in [0.15, 0.2) is 0 Å². The lowest BCUT2D eigenvalue weighted by Crippen LogP contribution is -2.35. The average molecular weight is 310 g/mol. The number of methoxy groups -OCH3 is 1. The fourth-order valence-electron chi connectivity index (χ4n) is 2.14. The highest BCUT2D eigenvalue weighted by Gasteiger charge is 2.24. The van der Waals surface area contributed by atoms with Gasteiger partial charge in [0.1, 0.15) is 5.75 Å². The van der Waals surface area contributed by atoms with Crippen molar-refractivity contribution in [1.29, 1.82) is 0 Å². The van der Waals surface area contributed by atoms with Crippen LogP contribution < -0.4 is 10.5 Å². The van der Waals surface area contributed by atoms with Crippen LogP contribution in [-0.4, -0.2) is 7.11 Å². The average Bonchev–Trinajstić information content (AvgIpc) is 2.43. The Labute approximate surface area is 129 Å². The number of benzene rings is 2. The normalized spacial score (nSPS) is 13.8. The summed E-state index contributed by atoms with van der Waals surface area (Å²) in [6.45, 7) is 1.97. The third kappa shape index (κ3) is 3.26. The van der Waals surface area contributed by atoms with Crippen molar-refractivity contribution >= 4 is 23.2 Å². The smallest absolute Gasteiger partial charge is 0.118 e. The topological polar surface area (TPSA) is 35.2 Å². The molecule has 0 bridgehead atoms. The molecule has 2 aromatic rings. The van der Waals surface area contributed by atoms with E-state index in [-0.39, 0.29) is 0 Å². The van der Waals surface area contributed by atoms with E-state index < -0.39 is 5.54 Å². The largest absolute Gasteiger partial charge is 0.497 e. The second-order valence-corrected chi connectivity index (χ2v) is 5.84. The first kappa shape index (κ1) is 15.2. The molecule has 0 radical (unpaired) electrons. The standard InChI is InChI=1S/C16H17Cl2NO/c1-16(19,11-6-8-12(20-2)9-7-11)10-13-14(17)4-3-5-15(13)18/h3-9H,10,19H2,1-2H3. The molecule has 0 saturated heterocycles. The second kappa shape index (κ2) is 6.04. The Morgan fingerprint density at radius 2 is 1.60 bits per heavy atom. The highest BCUT2D eigenvalue weighted by Crippen LogP contribution is 2.31. The van der Waals surface area contributed by atoms with E-state index in [9.17, 15) is 0 Å². The van der Waals surface area contributed by atoms with Gasteiger partial charge < -0.3 is 10.5 Å². The first-order valence-corrected chi connectivity index (χ1v) is 7.06. The van der Waals surface area contributed by atoms with Crippen LogP contribution in [0.4, 0.5) is 0 Å². The molecule has 0 aliphatic heterocycles. The lowest BCUT2D eigenvalue weighted by Gasteiger charge is -2.26. The maximum Gasteiger partial charge on any atom is 0.118 e. The molecular weight excluding hydrogens is 293 g/mol. The zero-order chi connectivity index (χ0) is 14.8. The van der Waals surface area contributed by atoms with Crippen molar-refractivity contribution in [3.8, 4) is 5.75 Å². The first-order chi connectivity index (χ1) is 9.44. The summed E-state index contributed by atoms with van der Waals surface area (Å²) in [5.41, 5.74) is 7.77. The molecular formula is C16H17Cl2NO. The van der Waals surface area contributed by atoms with Crippen LogP contribution >= 0.6 is 23.2 Å². The van der Waals surface area contributed by atoms with Gasteiger partial charge in [0, 0.05) is 15.6 Å². The van der Waals surface area contributed by atoms with Crippen molar-refractivity contribution in [2.24, 2.45) is 5.73 Å². The number of halogens is 2. The molecule has 0 spiro atoms. The summed E-state index contributed by atoms with van der Waals surface area (Å²) in [5.74, 6) is 0.806. The van der Waals surface area contributed by atoms with Crippen molar-refractivity contribution in [3.05, 3.63) is 63.6 Å². The molecule has 2 aromatic carbocycles. The Balaban J connectivity index is 2.30. The predicted molar refractivity (Wildman–Crippen MR) is 84.7 cm³/mol. The van der Waals surface area contributed by atoms with E-state index in [1.54, 1.807) is 7.11 Å². The van der Waals surface area contributed by atoms with Crippen LogP contribution in [0.2, 0.25) is 10.0 Å². The lowest BCUT2D eigenvalue weighted by molar-refractivity contribution is 0.413. The van der Waals surface area contributed by atoms with Gasteiger partial charge >= 0.3 is 0 Å². The van der Waals surface area contributed by atoms with Gasteiger partial charge in [-0.15, -0.1) is 0 Å². The Hall–Kier alpha value is -1.22. The number of rotatable bonds is 4. The van der Waals surface area contributed by atoms with Crippen LogP contribution in [0.1, 0.15) is 18.1 Å². The van der Waals surface area contributed by atoms with Gasteiger partial charge in [-0.3, -0.25) is 0 Å². The number of hydrogen-bond donors (Lipinski definition) is 1. The van der Waals surface area contributed by atoms with Gasteiger partial charge in [0.2, 0.25) is 0 Å². The Bertz CT molecular complexity index is 574. The van der Waals surface area contributed by atoms with E-state index in [2.05, 4.69) is 0 Å². The highest BCUT2D eigenvalue weighted by molar-refractivity contribution is 6.36. The molecule has 0 aliphatic rings. The molecule has 0 fully saturated rings. The fourth-order valence-corrected chi connectivity index (χ4v) is 2.67. The Kier molecular flexibility index (Phi) is 4.59. The van der Waals surface area contributed by atoms with Crippen LogP contribution in [0.5, 0.6) is 5.75 Å². The van der Waals surface area contributed by atoms with E-state index >= 15 is 0 Å². The van der Waals surface area contributed by atoms with Crippen molar-refractivity contribution in [2.75, 3.05) is 7.11 Å². The molecule has 106 valence electrons. The molecule has 0 heterocycles. The number of nitrogens with two attached hydrogens (primary N) is 1. The van der Waals surface area contributed by atoms with Gasteiger partial charge in [0.25, 0.3) is 0 Å². The number of ether oxygens (including phenoxy) is 1. The Morgan fingerprint density at radius 3 is 2.10 bits per heavy atom. The zero-order valence-corrected chi connectivity index (χ0v) is 13.0. The van der Waals surface area contributed by atoms with Crippen LogP contribution in [0.25, 0.3) is 0 Å². The summed E-state index contributed by atoms with van der Waals surface area (Å²) in [7, 11) is 1.64. The van der Waals surface area contributed by atoms with E-state index in [4.69, 9.17) is 33.7 Å². The summed E-state index contributed by atoms with van der Waals surface area (Å²) in [6, 6.07) is 13.2. The monoisotopic (exact) mass is 309 g/mol. The van der Waals surface area contributed by atoms with E-state index in [1.165, 1.54) is 0 Å². The zero-order valence-electron chi connectivity index (χ0n) is 11.5. The molecule has 2 nitrogen and oxygen atoms in total. The van der Waals surface area contributed by atoms with Gasteiger partial charge in [-0.1, -0.05) is 41.4 Å². The molecule has 0 amide bonds. The van der Waals surface area contributed by atoms with E-state index in [0.29, 0.717) is 16.5 Å². The minimum Gasteiger partial charge on any atom is -0.497 e. The first-order valence-electron chi connectivity index (χ1n) is 6.30. The maximum atomic E-state index is 6.44. The molecule has 2 N–H and O–H groups in total. The second-order valence-electron chi connectivity index (χ2n) is 5.02. The molecule has 0 saturated carbocycles. The third-order valence-electron chi connectivity index (χ3n) is 3.36. The van der Waals surface area contributed by atoms with E-state index in [0.717, 1.165) is 16.9 Å². The third-order valence-corrected chi connectivity index (χ3v) is 4.06. The van der Waals surface area contributed by atoms with Crippen LogP contribution in [0.15, 0.2) is 42.5 Å². The van der Waals surface area contributed by atoms with Crippen LogP contribution in [0, 0.1) is 0 Å². The van der Waals surface area contributed by atoms with E-state index in [1.807, 2.05) is 49.4 Å². The minimum absolute atomic E-state index is 0.555. The van der Waals surface area contributed by atoms with Crippen molar-refractivity contribution < 1.29 is 4.74 Å². The summed E-state index contributed by atoms with van der Waals surface area (Å²) < 4.78 is 5.16. The summed E-state index contributed by atoms with van der Waals surface area (Å²) >= 11 is 12.4. The van der Waals surface area contributed by atoms with Gasteiger partial charge in [-0.05, 0) is 48.7 Å². The molecule has 4 heteroatoms. The summed E-state index contributed by atoms with van der Waals surface area (Å²) in [4.78, 5) is 0. The molecule has 1 unspecified atom stereocenters.